The van der Waals surface area contributed by atoms with Crippen LogP contribution in [0.2, 0.25) is 0 Å². The minimum absolute atomic E-state index is 0.0641. The SMILES string of the molecule is CCN(C)C(C)(CN)CC(OC)OC. The Morgan fingerprint density at radius 3 is 2.14 bits per heavy atom. The summed E-state index contributed by atoms with van der Waals surface area (Å²) in [4.78, 5) is 2.22. The molecule has 0 aliphatic carbocycles. The Hall–Kier alpha value is -0.160. The molecular weight excluding hydrogens is 180 g/mol. The molecule has 4 nitrogen and oxygen atoms in total. The molecule has 0 bridgehead atoms. The van der Waals surface area contributed by atoms with Gasteiger partial charge in [-0.3, -0.25) is 4.90 Å². The van der Waals surface area contributed by atoms with Crippen LogP contribution in [0.3, 0.4) is 0 Å². The Bertz CT molecular complexity index is 151. The molecular formula is C10H24N2O2. The standard InChI is InChI=1S/C10H24N2O2/c1-6-12(3)10(2,8-11)7-9(13-4)14-5/h9H,6-8,11H2,1-5H3. The van der Waals surface area contributed by atoms with E-state index in [0.29, 0.717) is 6.54 Å². The molecule has 0 saturated carbocycles. The van der Waals surface area contributed by atoms with Crippen molar-refractivity contribution in [2.24, 2.45) is 5.73 Å². The fourth-order valence-corrected chi connectivity index (χ4v) is 1.40. The van der Waals surface area contributed by atoms with Crippen molar-refractivity contribution in [3.05, 3.63) is 0 Å². The number of hydrogen-bond donors (Lipinski definition) is 1. The quantitative estimate of drug-likeness (QED) is 0.619. The summed E-state index contributed by atoms with van der Waals surface area (Å²) in [7, 11) is 5.36. The van der Waals surface area contributed by atoms with Gasteiger partial charge in [0.2, 0.25) is 0 Å². The smallest absolute Gasteiger partial charge is 0.158 e. The third-order valence-electron chi connectivity index (χ3n) is 2.97. The lowest BCUT2D eigenvalue weighted by Gasteiger charge is -2.39. The van der Waals surface area contributed by atoms with Crippen LogP contribution in [-0.4, -0.2) is 51.1 Å². The summed E-state index contributed by atoms with van der Waals surface area (Å²) in [6.45, 7) is 5.80. The number of ether oxygens (including phenoxy) is 2. The normalized spacial score (nSPS) is 16.3. The number of nitrogens with zero attached hydrogens (tertiary/aromatic N) is 1. The molecule has 86 valence electrons. The Morgan fingerprint density at radius 1 is 1.36 bits per heavy atom. The van der Waals surface area contributed by atoms with E-state index in [9.17, 15) is 0 Å². The third-order valence-corrected chi connectivity index (χ3v) is 2.97. The summed E-state index contributed by atoms with van der Waals surface area (Å²) >= 11 is 0. The zero-order valence-corrected chi connectivity index (χ0v) is 10.0. The molecule has 0 radical (unpaired) electrons. The van der Waals surface area contributed by atoms with Crippen molar-refractivity contribution in [1.29, 1.82) is 0 Å². The fourth-order valence-electron chi connectivity index (χ4n) is 1.40. The van der Waals surface area contributed by atoms with Crippen molar-refractivity contribution in [2.45, 2.75) is 32.1 Å². The highest BCUT2D eigenvalue weighted by atomic mass is 16.7. The van der Waals surface area contributed by atoms with Gasteiger partial charge in [0.05, 0.1) is 0 Å². The second-order valence-electron chi connectivity index (χ2n) is 3.82. The molecule has 4 heteroatoms. The average Bonchev–Trinajstić information content (AvgIpc) is 2.24. The van der Waals surface area contributed by atoms with Gasteiger partial charge in [-0.25, -0.2) is 0 Å². The summed E-state index contributed by atoms with van der Waals surface area (Å²) in [6.07, 6.45) is 0.596. The zero-order chi connectivity index (χ0) is 11.2. The maximum Gasteiger partial charge on any atom is 0.158 e. The number of hydrogen-bond acceptors (Lipinski definition) is 4. The van der Waals surface area contributed by atoms with Gasteiger partial charge in [0.1, 0.15) is 0 Å². The summed E-state index contributed by atoms with van der Waals surface area (Å²) in [6, 6.07) is 0. The lowest BCUT2D eigenvalue weighted by atomic mass is 9.95. The van der Waals surface area contributed by atoms with E-state index in [2.05, 4.69) is 25.8 Å². The highest BCUT2D eigenvalue weighted by Crippen LogP contribution is 2.19. The van der Waals surface area contributed by atoms with Crippen LogP contribution in [-0.2, 0) is 9.47 Å². The van der Waals surface area contributed by atoms with Gasteiger partial charge in [0.15, 0.2) is 6.29 Å². The second-order valence-corrected chi connectivity index (χ2v) is 3.82. The maximum absolute atomic E-state index is 5.79. The fraction of sp³-hybridized carbons (Fsp3) is 1.00. The van der Waals surface area contributed by atoms with Gasteiger partial charge in [0, 0.05) is 32.7 Å². The van der Waals surface area contributed by atoms with Crippen LogP contribution < -0.4 is 5.73 Å². The first-order valence-electron chi connectivity index (χ1n) is 5.01. The molecule has 2 N–H and O–H groups in total. The molecule has 0 spiro atoms. The van der Waals surface area contributed by atoms with Gasteiger partial charge in [-0.1, -0.05) is 6.92 Å². The molecule has 1 atom stereocenters. The predicted octanol–water partition coefficient (Wildman–Crippen LogP) is 0.665. The largest absolute Gasteiger partial charge is 0.356 e. The molecule has 0 aliphatic heterocycles. The lowest BCUT2D eigenvalue weighted by molar-refractivity contribution is -0.126. The van der Waals surface area contributed by atoms with Crippen LogP contribution in [0.1, 0.15) is 20.3 Å². The lowest BCUT2D eigenvalue weighted by Crippen LogP contribution is -2.51. The van der Waals surface area contributed by atoms with Crippen molar-refractivity contribution in [3.63, 3.8) is 0 Å². The summed E-state index contributed by atoms with van der Waals surface area (Å²) in [5, 5.41) is 0. The van der Waals surface area contributed by atoms with Crippen molar-refractivity contribution in [1.82, 2.24) is 4.90 Å². The van der Waals surface area contributed by atoms with Gasteiger partial charge in [-0.15, -0.1) is 0 Å². The van der Waals surface area contributed by atoms with E-state index in [4.69, 9.17) is 15.2 Å². The van der Waals surface area contributed by atoms with Crippen molar-refractivity contribution in [2.75, 3.05) is 34.4 Å². The summed E-state index contributed by atoms with van der Waals surface area (Å²) in [5.41, 5.74) is 5.72. The predicted molar refractivity (Wildman–Crippen MR) is 58.2 cm³/mol. The van der Waals surface area contributed by atoms with Gasteiger partial charge >= 0.3 is 0 Å². The number of nitrogens with two attached hydrogens (primary N) is 1. The maximum atomic E-state index is 5.79. The molecule has 0 fully saturated rings. The van der Waals surface area contributed by atoms with Crippen molar-refractivity contribution < 1.29 is 9.47 Å². The molecule has 0 aromatic heterocycles. The van der Waals surface area contributed by atoms with Crippen LogP contribution >= 0.6 is 0 Å². The van der Waals surface area contributed by atoms with Gasteiger partial charge in [0.25, 0.3) is 0 Å². The van der Waals surface area contributed by atoms with Crippen molar-refractivity contribution in [3.8, 4) is 0 Å². The Labute approximate surface area is 87.4 Å². The van der Waals surface area contributed by atoms with Crippen LogP contribution in [0.5, 0.6) is 0 Å². The van der Waals surface area contributed by atoms with Gasteiger partial charge < -0.3 is 15.2 Å². The molecule has 14 heavy (non-hydrogen) atoms. The van der Waals surface area contributed by atoms with Crippen LogP contribution in [0.15, 0.2) is 0 Å². The van der Waals surface area contributed by atoms with Crippen molar-refractivity contribution >= 4 is 0 Å². The first-order chi connectivity index (χ1) is 6.53. The first-order valence-corrected chi connectivity index (χ1v) is 5.01. The summed E-state index contributed by atoms with van der Waals surface area (Å²) in [5.74, 6) is 0. The average molecular weight is 204 g/mol. The first kappa shape index (κ1) is 13.8. The summed E-state index contributed by atoms with van der Waals surface area (Å²) < 4.78 is 10.4. The zero-order valence-electron chi connectivity index (χ0n) is 10.0. The van der Waals surface area contributed by atoms with E-state index >= 15 is 0 Å². The van der Waals surface area contributed by atoms with E-state index in [1.165, 1.54) is 0 Å². The van der Waals surface area contributed by atoms with Crippen LogP contribution in [0, 0.1) is 0 Å². The topological polar surface area (TPSA) is 47.7 Å². The molecule has 0 aliphatic rings. The highest BCUT2D eigenvalue weighted by Gasteiger charge is 2.30. The Morgan fingerprint density at radius 2 is 1.86 bits per heavy atom. The molecule has 1 unspecified atom stereocenters. The van der Waals surface area contributed by atoms with E-state index in [1.54, 1.807) is 14.2 Å². The highest BCUT2D eigenvalue weighted by molar-refractivity contribution is 4.86. The molecule has 0 saturated heterocycles. The second kappa shape index (κ2) is 6.35. The molecule has 0 aromatic rings. The Kier molecular flexibility index (Phi) is 6.27. The Balaban J connectivity index is 4.36. The van der Waals surface area contributed by atoms with Crippen LogP contribution in [0.25, 0.3) is 0 Å². The van der Waals surface area contributed by atoms with Gasteiger partial charge in [-0.05, 0) is 20.5 Å². The van der Waals surface area contributed by atoms with E-state index in [-0.39, 0.29) is 11.8 Å². The van der Waals surface area contributed by atoms with E-state index in [1.807, 2.05) is 0 Å². The minimum Gasteiger partial charge on any atom is -0.356 e. The molecule has 0 heterocycles. The number of methoxy groups -OCH3 is 2. The van der Waals surface area contributed by atoms with Crippen LogP contribution in [0.4, 0.5) is 0 Å². The van der Waals surface area contributed by atoms with Gasteiger partial charge in [-0.2, -0.15) is 0 Å². The number of likely N-dealkylation sites (N-methyl/N-ethyl adjacent to an activating group) is 1. The minimum atomic E-state index is -0.183. The monoisotopic (exact) mass is 204 g/mol. The van der Waals surface area contributed by atoms with E-state index < -0.39 is 0 Å². The molecule has 0 aromatic carbocycles. The molecule has 0 rings (SSSR count). The molecule has 0 amide bonds. The number of rotatable bonds is 7. The van der Waals surface area contributed by atoms with E-state index in [0.717, 1.165) is 13.0 Å². The third kappa shape index (κ3) is 3.53.